The highest BCUT2D eigenvalue weighted by molar-refractivity contribution is 9.11. The Labute approximate surface area is 75.1 Å². The molecule has 0 aliphatic rings. The summed E-state index contributed by atoms with van der Waals surface area (Å²) in [6.45, 7) is 2.39. The van der Waals surface area contributed by atoms with Gasteiger partial charge in [-0.2, -0.15) is 4.39 Å². The summed E-state index contributed by atoms with van der Waals surface area (Å²) in [6.07, 6.45) is 5.90. The lowest BCUT2D eigenvalue weighted by molar-refractivity contribution is 0.172. The summed E-state index contributed by atoms with van der Waals surface area (Å²) in [5.74, 6) is 0. The molecule has 0 amide bonds. The van der Waals surface area contributed by atoms with Crippen molar-refractivity contribution in [2.45, 2.75) is 19.8 Å². The fourth-order valence-corrected chi connectivity index (χ4v) is 0.644. The van der Waals surface area contributed by atoms with E-state index in [1.54, 1.807) is 6.08 Å². The summed E-state index contributed by atoms with van der Waals surface area (Å²) in [5, 5.41) is 0. The first-order valence-corrected chi connectivity index (χ1v) is 4.46. The topological polar surface area (TPSA) is 9.23 Å². The molecule has 0 aromatic rings. The van der Waals surface area contributed by atoms with Gasteiger partial charge in [-0.3, -0.25) is 0 Å². The van der Waals surface area contributed by atoms with Crippen LogP contribution in [0, 0.1) is 0 Å². The number of hydrogen-bond donors (Lipinski definition) is 0. The number of unbranched alkanes of at least 4 members (excludes halogenated alkanes) is 1. The number of ether oxygens (including phenoxy) is 1. The zero-order valence-electron chi connectivity index (χ0n) is 6.52. The molecule has 0 saturated heterocycles. The summed E-state index contributed by atoms with van der Waals surface area (Å²) >= 11 is 2.81. The normalized spacial score (nSPS) is 12.5. The van der Waals surface area contributed by atoms with E-state index >= 15 is 0 Å². The van der Waals surface area contributed by atoms with Crippen molar-refractivity contribution >= 4 is 15.9 Å². The third kappa shape index (κ3) is 7.59. The summed E-state index contributed by atoms with van der Waals surface area (Å²) < 4.78 is 16.8. The fraction of sp³-hybridized carbons (Fsp3) is 0.500. The van der Waals surface area contributed by atoms with Crippen LogP contribution in [0.5, 0.6) is 0 Å². The first-order valence-electron chi connectivity index (χ1n) is 3.55. The van der Waals surface area contributed by atoms with Crippen LogP contribution >= 0.6 is 15.9 Å². The van der Waals surface area contributed by atoms with E-state index in [2.05, 4.69) is 27.6 Å². The maximum atomic E-state index is 12.2. The molecule has 0 aromatic carbocycles. The molecule has 0 spiro atoms. The summed E-state index contributed by atoms with van der Waals surface area (Å²) in [7, 11) is 0. The lowest BCUT2D eigenvalue weighted by Crippen LogP contribution is -1.85. The van der Waals surface area contributed by atoms with Crippen LogP contribution in [0.25, 0.3) is 0 Å². The molecule has 0 N–H and O–H groups in total. The van der Waals surface area contributed by atoms with Gasteiger partial charge in [-0.25, -0.2) is 0 Å². The van der Waals surface area contributed by atoms with Crippen molar-refractivity contribution in [2.24, 2.45) is 0 Å². The van der Waals surface area contributed by atoms with Crippen LogP contribution < -0.4 is 0 Å². The average Bonchev–Trinajstić information content (AvgIpc) is 2.04. The molecular formula is C8H12BrFO. The monoisotopic (exact) mass is 222 g/mol. The smallest absolute Gasteiger partial charge is 0.280 e. The summed E-state index contributed by atoms with van der Waals surface area (Å²) in [6, 6.07) is -0.592. The summed E-state index contributed by atoms with van der Waals surface area (Å²) in [4.78, 5) is 1.11. The van der Waals surface area contributed by atoms with Gasteiger partial charge in [0.25, 0.3) is 6.01 Å². The maximum absolute atomic E-state index is 12.2. The van der Waals surface area contributed by atoms with E-state index in [1.807, 2.05) is 6.08 Å². The molecule has 0 radical (unpaired) electrons. The van der Waals surface area contributed by atoms with Gasteiger partial charge in [0.2, 0.25) is 0 Å². The van der Waals surface area contributed by atoms with Crippen molar-refractivity contribution < 1.29 is 9.13 Å². The molecule has 0 rings (SSSR count). The second-order valence-corrected chi connectivity index (χ2v) is 2.44. The molecule has 0 heterocycles. The highest BCUT2D eigenvalue weighted by Gasteiger charge is 1.87. The van der Waals surface area contributed by atoms with Crippen molar-refractivity contribution in [1.29, 1.82) is 0 Å². The van der Waals surface area contributed by atoms with Gasteiger partial charge in [-0.05, 0) is 6.42 Å². The van der Waals surface area contributed by atoms with Gasteiger partial charge in [0.05, 0.1) is 4.99 Å². The fourth-order valence-electron chi connectivity index (χ4n) is 0.512. The molecule has 0 aliphatic carbocycles. The van der Waals surface area contributed by atoms with E-state index in [0.29, 0.717) is 6.61 Å². The van der Waals surface area contributed by atoms with Gasteiger partial charge < -0.3 is 4.74 Å². The molecule has 0 atom stereocenters. The Morgan fingerprint density at radius 1 is 1.55 bits per heavy atom. The zero-order valence-corrected chi connectivity index (χ0v) is 8.10. The van der Waals surface area contributed by atoms with Crippen molar-refractivity contribution in [3.63, 3.8) is 0 Å². The Morgan fingerprint density at radius 2 is 2.27 bits per heavy atom. The van der Waals surface area contributed by atoms with Crippen molar-refractivity contribution in [2.75, 3.05) is 6.61 Å². The van der Waals surface area contributed by atoms with Gasteiger partial charge >= 0.3 is 0 Å². The zero-order chi connectivity index (χ0) is 8.53. The molecule has 3 heteroatoms. The van der Waals surface area contributed by atoms with E-state index < -0.39 is 6.01 Å². The SMILES string of the molecule is CCC/C=C/CO/C(F)=C/Br. The van der Waals surface area contributed by atoms with Gasteiger partial charge in [0.15, 0.2) is 0 Å². The molecule has 1 nitrogen and oxygen atoms in total. The van der Waals surface area contributed by atoms with E-state index in [9.17, 15) is 4.39 Å². The van der Waals surface area contributed by atoms with Crippen LogP contribution in [0.3, 0.4) is 0 Å². The maximum Gasteiger partial charge on any atom is 0.280 e. The van der Waals surface area contributed by atoms with E-state index in [1.165, 1.54) is 0 Å². The lowest BCUT2D eigenvalue weighted by Gasteiger charge is -1.95. The molecule has 0 aromatic heterocycles. The van der Waals surface area contributed by atoms with Crippen molar-refractivity contribution in [3.8, 4) is 0 Å². The highest BCUT2D eigenvalue weighted by atomic mass is 79.9. The third-order valence-corrected chi connectivity index (χ3v) is 1.39. The van der Waals surface area contributed by atoms with E-state index in [0.717, 1.165) is 17.8 Å². The Hall–Kier alpha value is -0.310. The second kappa shape index (κ2) is 7.79. The molecule has 64 valence electrons. The van der Waals surface area contributed by atoms with Crippen LogP contribution in [0.1, 0.15) is 19.8 Å². The number of allylic oxidation sites excluding steroid dienone is 1. The molecule has 0 aliphatic heterocycles. The van der Waals surface area contributed by atoms with Crippen LogP contribution in [0.4, 0.5) is 4.39 Å². The number of rotatable bonds is 5. The third-order valence-electron chi connectivity index (χ3n) is 1.03. The van der Waals surface area contributed by atoms with E-state index in [4.69, 9.17) is 0 Å². The van der Waals surface area contributed by atoms with Crippen LogP contribution in [0.2, 0.25) is 0 Å². The van der Waals surface area contributed by atoms with Crippen molar-refractivity contribution in [1.82, 2.24) is 0 Å². The molecule has 0 bridgehead atoms. The minimum absolute atomic E-state index is 0.300. The quantitative estimate of drug-likeness (QED) is 0.511. The Kier molecular flexibility index (Phi) is 7.57. The first kappa shape index (κ1) is 10.7. The largest absolute Gasteiger partial charge is 0.466 e. The standard InChI is InChI=1S/C8H12BrFO/c1-2-3-4-5-6-11-8(10)7-9/h4-5,7H,2-3,6H2,1H3/b5-4+,8-7+. The summed E-state index contributed by atoms with van der Waals surface area (Å²) in [5.41, 5.74) is 0. The molecule has 0 unspecified atom stereocenters. The number of halogens is 2. The predicted molar refractivity (Wildman–Crippen MR) is 48.1 cm³/mol. The minimum atomic E-state index is -0.592. The van der Waals surface area contributed by atoms with Crippen LogP contribution in [-0.2, 0) is 4.74 Å². The predicted octanol–water partition coefficient (Wildman–Crippen LogP) is 3.52. The Balaban J connectivity index is 3.26. The molecule has 0 fully saturated rings. The van der Waals surface area contributed by atoms with Crippen LogP contribution in [0.15, 0.2) is 23.2 Å². The lowest BCUT2D eigenvalue weighted by atomic mass is 10.3. The highest BCUT2D eigenvalue weighted by Crippen LogP contribution is 2.01. The number of hydrogen-bond acceptors (Lipinski definition) is 1. The van der Waals surface area contributed by atoms with E-state index in [-0.39, 0.29) is 0 Å². The Morgan fingerprint density at radius 3 is 2.82 bits per heavy atom. The minimum Gasteiger partial charge on any atom is -0.466 e. The molecular weight excluding hydrogens is 211 g/mol. The van der Waals surface area contributed by atoms with Crippen LogP contribution in [-0.4, -0.2) is 6.61 Å². The second-order valence-electron chi connectivity index (χ2n) is 1.98. The van der Waals surface area contributed by atoms with Gasteiger partial charge in [-0.1, -0.05) is 41.4 Å². The molecule has 0 saturated carbocycles. The molecule has 11 heavy (non-hydrogen) atoms. The first-order chi connectivity index (χ1) is 5.31. The average molecular weight is 223 g/mol. The Bertz CT molecular complexity index is 143. The van der Waals surface area contributed by atoms with Crippen molar-refractivity contribution in [3.05, 3.63) is 23.2 Å². The van der Waals surface area contributed by atoms with Gasteiger partial charge in [-0.15, -0.1) is 0 Å². The van der Waals surface area contributed by atoms with Gasteiger partial charge in [0.1, 0.15) is 6.61 Å². The van der Waals surface area contributed by atoms with Gasteiger partial charge in [0, 0.05) is 0 Å².